The first-order valence-corrected chi connectivity index (χ1v) is 8.38. The quantitative estimate of drug-likeness (QED) is 0.895. The molecule has 0 amide bonds. The van der Waals surface area contributed by atoms with Crippen LogP contribution in [0.1, 0.15) is 56.6 Å². The molecule has 3 atom stereocenters. The van der Waals surface area contributed by atoms with Gasteiger partial charge in [0.15, 0.2) is 0 Å². The third-order valence-corrected chi connectivity index (χ3v) is 5.40. The largest absolute Gasteiger partial charge is 0.493 e. The lowest BCUT2D eigenvalue weighted by Crippen LogP contribution is -2.39. The Morgan fingerprint density at radius 1 is 0.950 bits per heavy atom. The molecule has 3 unspecified atom stereocenters. The Bertz CT molecular complexity index is 468. The standard InChI is InChI=1S/C18H25NO/c1-2-7-18-16(6-1)17(10-11-20-18)19-15-5-3-4-14(12-15)13-8-9-13/h1-2,6-7,13-15,17,19H,3-5,8-12H2. The molecule has 0 radical (unpaired) electrons. The second-order valence-corrected chi connectivity index (χ2v) is 6.86. The van der Waals surface area contributed by atoms with E-state index in [4.69, 9.17) is 4.74 Å². The predicted molar refractivity (Wildman–Crippen MR) is 80.9 cm³/mol. The minimum atomic E-state index is 0.503. The van der Waals surface area contributed by atoms with Crippen LogP contribution in [0.4, 0.5) is 0 Å². The van der Waals surface area contributed by atoms with Crippen LogP contribution in [0, 0.1) is 11.8 Å². The van der Waals surface area contributed by atoms with Crippen molar-refractivity contribution in [3.63, 3.8) is 0 Å². The lowest BCUT2D eigenvalue weighted by molar-refractivity contribution is 0.209. The monoisotopic (exact) mass is 271 g/mol. The van der Waals surface area contributed by atoms with Crippen LogP contribution in [0.3, 0.4) is 0 Å². The number of hydrogen-bond acceptors (Lipinski definition) is 2. The lowest BCUT2D eigenvalue weighted by atomic mass is 9.82. The van der Waals surface area contributed by atoms with Gasteiger partial charge < -0.3 is 10.1 Å². The van der Waals surface area contributed by atoms with Gasteiger partial charge in [-0.1, -0.05) is 31.0 Å². The van der Waals surface area contributed by atoms with Crippen LogP contribution < -0.4 is 10.1 Å². The summed E-state index contributed by atoms with van der Waals surface area (Å²) in [6, 6.07) is 9.78. The molecule has 0 bridgehead atoms. The molecule has 4 rings (SSSR count). The fourth-order valence-electron chi connectivity index (χ4n) is 4.17. The van der Waals surface area contributed by atoms with E-state index >= 15 is 0 Å². The molecular formula is C18H25NO. The summed E-state index contributed by atoms with van der Waals surface area (Å²) in [5, 5.41) is 3.95. The molecule has 1 aromatic carbocycles. The summed E-state index contributed by atoms with van der Waals surface area (Å²) in [5.74, 6) is 3.17. The molecule has 1 N–H and O–H groups in total. The summed E-state index contributed by atoms with van der Waals surface area (Å²) in [4.78, 5) is 0. The number of ether oxygens (including phenoxy) is 1. The maximum atomic E-state index is 5.77. The van der Waals surface area contributed by atoms with Gasteiger partial charge in [0, 0.05) is 24.1 Å². The number of hydrogen-bond donors (Lipinski definition) is 1. The average Bonchev–Trinajstić information content (AvgIpc) is 3.33. The Morgan fingerprint density at radius 2 is 1.85 bits per heavy atom. The van der Waals surface area contributed by atoms with Gasteiger partial charge in [0.2, 0.25) is 0 Å². The van der Waals surface area contributed by atoms with Gasteiger partial charge in [0.1, 0.15) is 5.75 Å². The van der Waals surface area contributed by atoms with Crippen LogP contribution in [0.5, 0.6) is 5.75 Å². The number of nitrogens with one attached hydrogen (secondary N) is 1. The van der Waals surface area contributed by atoms with Crippen molar-refractivity contribution in [1.29, 1.82) is 0 Å². The molecule has 0 saturated heterocycles. The van der Waals surface area contributed by atoms with Crippen LogP contribution in [0.15, 0.2) is 24.3 Å². The normalized spacial score (nSPS) is 33.3. The highest BCUT2D eigenvalue weighted by Gasteiger charge is 2.35. The fraction of sp³-hybridized carbons (Fsp3) is 0.667. The van der Waals surface area contributed by atoms with Crippen molar-refractivity contribution >= 4 is 0 Å². The summed E-state index contributed by atoms with van der Waals surface area (Å²) in [6.07, 6.45) is 9.78. The molecule has 2 heteroatoms. The first kappa shape index (κ1) is 12.7. The molecular weight excluding hydrogens is 246 g/mol. The summed E-state index contributed by atoms with van der Waals surface area (Å²) in [5.41, 5.74) is 1.37. The van der Waals surface area contributed by atoms with E-state index in [0.717, 1.165) is 36.7 Å². The summed E-state index contributed by atoms with van der Waals surface area (Å²) in [7, 11) is 0. The third-order valence-electron chi connectivity index (χ3n) is 5.40. The molecule has 0 aromatic heterocycles. The fourth-order valence-corrected chi connectivity index (χ4v) is 4.17. The SMILES string of the molecule is c1ccc2c(c1)OCCC2NC1CCCC(C2CC2)C1. The smallest absolute Gasteiger partial charge is 0.124 e. The Kier molecular flexibility index (Phi) is 3.43. The first-order chi connectivity index (χ1) is 9.90. The number of para-hydroxylation sites is 1. The minimum absolute atomic E-state index is 0.503. The van der Waals surface area contributed by atoms with Crippen molar-refractivity contribution in [2.24, 2.45) is 11.8 Å². The molecule has 1 aliphatic heterocycles. The van der Waals surface area contributed by atoms with Crippen LogP contribution in [0.25, 0.3) is 0 Å². The summed E-state index contributed by atoms with van der Waals surface area (Å²) >= 11 is 0. The van der Waals surface area contributed by atoms with Gasteiger partial charge >= 0.3 is 0 Å². The van der Waals surface area contributed by atoms with Gasteiger partial charge in [-0.15, -0.1) is 0 Å². The third kappa shape index (κ3) is 2.58. The van der Waals surface area contributed by atoms with Crippen molar-refractivity contribution in [1.82, 2.24) is 5.32 Å². The second kappa shape index (κ2) is 5.40. The maximum absolute atomic E-state index is 5.77. The lowest BCUT2D eigenvalue weighted by Gasteiger charge is -2.35. The van der Waals surface area contributed by atoms with Gasteiger partial charge in [-0.3, -0.25) is 0 Å². The molecule has 20 heavy (non-hydrogen) atoms. The molecule has 1 aromatic rings. The van der Waals surface area contributed by atoms with E-state index in [2.05, 4.69) is 29.6 Å². The molecule has 3 aliphatic rings. The number of rotatable bonds is 3. The average molecular weight is 271 g/mol. The van der Waals surface area contributed by atoms with Crippen molar-refractivity contribution in [3.8, 4) is 5.75 Å². The van der Waals surface area contributed by atoms with E-state index in [0.29, 0.717) is 6.04 Å². The Hall–Kier alpha value is -1.02. The molecule has 0 spiro atoms. The molecule has 2 fully saturated rings. The van der Waals surface area contributed by atoms with Crippen molar-refractivity contribution in [3.05, 3.63) is 29.8 Å². The summed E-state index contributed by atoms with van der Waals surface area (Å²) < 4.78 is 5.77. The maximum Gasteiger partial charge on any atom is 0.124 e. The Balaban J connectivity index is 1.44. The van der Waals surface area contributed by atoms with Gasteiger partial charge in [-0.25, -0.2) is 0 Å². The van der Waals surface area contributed by atoms with Crippen LogP contribution in [0.2, 0.25) is 0 Å². The minimum Gasteiger partial charge on any atom is -0.493 e. The van der Waals surface area contributed by atoms with Crippen molar-refractivity contribution < 1.29 is 4.74 Å². The predicted octanol–water partition coefficient (Wildman–Crippen LogP) is 4.07. The van der Waals surface area contributed by atoms with E-state index in [9.17, 15) is 0 Å². The van der Waals surface area contributed by atoms with Gasteiger partial charge in [-0.05, 0) is 43.6 Å². The molecule has 108 valence electrons. The zero-order chi connectivity index (χ0) is 13.4. The second-order valence-electron chi connectivity index (χ2n) is 6.86. The molecule has 2 saturated carbocycles. The van der Waals surface area contributed by atoms with E-state index in [-0.39, 0.29) is 0 Å². The van der Waals surface area contributed by atoms with Crippen LogP contribution in [-0.4, -0.2) is 12.6 Å². The van der Waals surface area contributed by atoms with Gasteiger partial charge in [-0.2, -0.15) is 0 Å². The molecule has 2 aliphatic carbocycles. The van der Waals surface area contributed by atoms with E-state index in [1.165, 1.54) is 44.1 Å². The topological polar surface area (TPSA) is 21.3 Å². The number of benzene rings is 1. The van der Waals surface area contributed by atoms with Crippen molar-refractivity contribution in [2.45, 2.75) is 57.0 Å². The van der Waals surface area contributed by atoms with Gasteiger partial charge in [0.25, 0.3) is 0 Å². The van der Waals surface area contributed by atoms with Crippen molar-refractivity contribution in [2.75, 3.05) is 6.61 Å². The van der Waals surface area contributed by atoms with E-state index in [1.807, 2.05) is 0 Å². The first-order valence-electron chi connectivity index (χ1n) is 8.38. The van der Waals surface area contributed by atoms with Crippen LogP contribution >= 0.6 is 0 Å². The highest BCUT2D eigenvalue weighted by Crippen LogP contribution is 2.44. The van der Waals surface area contributed by atoms with E-state index in [1.54, 1.807) is 0 Å². The highest BCUT2D eigenvalue weighted by atomic mass is 16.5. The molecule has 2 nitrogen and oxygen atoms in total. The zero-order valence-corrected chi connectivity index (χ0v) is 12.2. The van der Waals surface area contributed by atoms with Crippen LogP contribution in [-0.2, 0) is 0 Å². The summed E-state index contributed by atoms with van der Waals surface area (Å²) in [6.45, 7) is 0.855. The highest BCUT2D eigenvalue weighted by molar-refractivity contribution is 5.37. The Morgan fingerprint density at radius 3 is 2.75 bits per heavy atom. The van der Waals surface area contributed by atoms with E-state index < -0.39 is 0 Å². The van der Waals surface area contributed by atoms with Gasteiger partial charge in [0.05, 0.1) is 6.61 Å². The Labute approximate surface area is 121 Å². The number of fused-ring (bicyclic) bond motifs is 1. The zero-order valence-electron chi connectivity index (χ0n) is 12.2. The molecule has 1 heterocycles.